The van der Waals surface area contributed by atoms with E-state index in [1.807, 2.05) is 0 Å². The first kappa shape index (κ1) is 16.8. The minimum Gasteiger partial charge on any atom is -0.484 e. The van der Waals surface area contributed by atoms with Crippen molar-refractivity contribution in [2.24, 2.45) is 0 Å². The number of carbonyl (C=O) groups excluding carboxylic acids is 1. The van der Waals surface area contributed by atoms with Crippen molar-refractivity contribution in [1.82, 2.24) is 9.78 Å². The van der Waals surface area contributed by atoms with Gasteiger partial charge in [0.2, 0.25) is 0 Å². The average Bonchev–Trinajstić information content (AvgIpc) is 3.12. The van der Waals surface area contributed by atoms with Gasteiger partial charge in [0.15, 0.2) is 16.4 Å². The number of hydrogen-bond donors (Lipinski definition) is 1. The highest BCUT2D eigenvalue weighted by Crippen LogP contribution is 2.26. The number of rotatable bonds is 5. The highest BCUT2D eigenvalue weighted by atomic mass is 35.5. The Morgan fingerprint density at radius 2 is 2.08 bits per heavy atom. The van der Waals surface area contributed by atoms with Crippen LogP contribution in [0.25, 0.3) is 0 Å². The largest absolute Gasteiger partial charge is 0.484 e. The quantitative estimate of drug-likeness (QED) is 0.869. The maximum absolute atomic E-state index is 12.0. The van der Waals surface area contributed by atoms with Crippen LogP contribution in [0.1, 0.15) is 12.5 Å². The van der Waals surface area contributed by atoms with E-state index in [0.29, 0.717) is 23.0 Å². The molecule has 0 saturated carbocycles. The van der Waals surface area contributed by atoms with Gasteiger partial charge < -0.3 is 10.1 Å². The van der Waals surface area contributed by atoms with Crippen LogP contribution in [-0.4, -0.2) is 42.2 Å². The first-order valence-electron chi connectivity index (χ1n) is 7.35. The fourth-order valence-electron chi connectivity index (χ4n) is 2.53. The molecule has 1 saturated heterocycles. The predicted molar refractivity (Wildman–Crippen MR) is 90.1 cm³/mol. The van der Waals surface area contributed by atoms with Crippen LogP contribution in [0, 0.1) is 0 Å². The molecule has 1 aliphatic rings. The fraction of sp³-hybridized carbons (Fsp3) is 0.333. The molecule has 9 heteroatoms. The third-order valence-electron chi connectivity index (χ3n) is 3.68. The lowest BCUT2D eigenvalue weighted by molar-refractivity contribution is -0.118. The molecule has 1 atom stereocenters. The summed E-state index contributed by atoms with van der Waals surface area (Å²) < 4.78 is 30.1. The van der Waals surface area contributed by atoms with Gasteiger partial charge in [-0.3, -0.25) is 4.79 Å². The van der Waals surface area contributed by atoms with Crippen molar-refractivity contribution >= 4 is 33.2 Å². The van der Waals surface area contributed by atoms with Crippen molar-refractivity contribution in [3.05, 3.63) is 41.6 Å². The normalized spacial score (nSPS) is 19.1. The van der Waals surface area contributed by atoms with Crippen LogP contribution >= 0.6 is 11.6 Å². The van der Waals surface area contributed by atoms with E-state index in [9.17, 15) is 13.2 Å². The molecule has 0 radical (unpaired) electrons. The molecule has 2 aromatic rings. The Morgan fingerprint density at radius 1 is 1.33 bits per heavy atom. The van der Waals surface area contributed by atoms with Crippen LogP contribution in [0.3, 0.4) is 0 Å². The molecule has 0 aliphatic carbocycles. The molecule has 1 fully saturated rings. The van der Waals surface area contributed by atoms with E-state index in [-0.39, 0.29) is 30.1 Å². The van der Waals surface area contributed by atoms with Crippen molar-refractivity contribution in [1.29, 1.82) is 0 Å². The zero-order chi connectivity index (χ0) is 17.2. The highest BCUT2D eigenvalue weighted by Gasteiger charge is 2.30. The predicted octanol–water partition coefficient (Wildman–Crippen LogP) is 1.91. The molecule has 1 amide bonds. The zero-order valence-electron chi connectivity index (χ0n) is 12.7. The van der Waals surface area contributed by atoms with Gasteiger partial charge in [-0.15, -0.1) is 0 Å². The molecule has 24 heavy (non-hydrogen) atoms. The SMILES string of the molecule is O=C(COc1ccc(Cl)cc1)Nc1ccnn1C1CCS(=O)(=O)C1. The lowest BCUT2D eigenvalue weighted by Crippen LogP contribution is -2.23. The van der Waals surface area contributed by atoms with Crippen molar-refractivity contribution in [2.75, 3.05) is 23.4 Å². The Hall–Kier alpha value is -2.06. The van der Waals surface area contributed by atoms with E-state index in [4.69, 9.17) is 16.3 Å². The summed E-state index contributed by atoms with van der Waals surface area (Å²) in [6.45, 7) is -0.171. The van der Waals surface area contributed by atoms with Crippen LogP contribution in [0.15, 0.2) is 36.5 Å². The second-order valence-corrected chi connectivity index (χ2v) is 8.17. The molecule has 2 heterocycles. The second kappa shape index (κ2) is 6.82. The topological polar surface area (TPSA) is 90.3 Å². The Morgan fingerprint density at radius 3 is 2.75 bits per heavy atom. The van der Waals surface area contributed by atoms with Crippen molar-refractivity contribution < 1.29 is 17.9 Å². The molecule has 7 nitrogen and oxygen atoms in total. The van der Waals surface area contributed by atoms with Gasteiger partial charge in [-0.1, -0.05) is 11.6 Å². The van der Waals surface area contributed by atoms with Gasteiger partial charge in [-0.05, 0) is 30.7 Å². The number of nitrogens with zero attached hydrogens (tertiary/aromatic N) is 2. The first-order chi connectivity index (χ1) is 11.4. The standard InChI is InChI=1S/C15H16ClN3O4S/c16-11-1-3-13(4-2-11)23-9-15(20)18-14-5-7-17-19(14)12-6-8-24(21,22)10-12/h1-5,7,12H,6,8-10H2,(H,18,20). The Labute approximate surface area is 144 Å². The summed E-state index contributed by atoms with van der Waals surface area (Å²) in [5.41, 5.74) is 0. The number of aromatic nitrogens is 2. The van der Waals surface area contributed by atoms with Gasteiger partial charge >= 0.3 is 0 Å². The Balaban J connectivity index is 1.59. The van der Waals surface area contributed by atoms with Gasteiger partial charge in [0.1, 0.15) is 11.6 Å². The third-order valence-corrected chi connectivity index (χ3v) is 5.68. The summed E-state index contributed by atoms with van der Waals surface area (Å²) in [4.78, 5) is 12.0. The molecular weight excluding hydrogens is 354 g/mol. The molecular formula is C15H16ClN3O4S. The number of halogens is 1. The second-order valence-electron chi connectivity index (χ2n) is 5.51. The molecule has 0 spiro atoms. The molecule has 1 aromatic carbocycles. The van der Waals surface area contributed by atoms with E-state index in [1.165, 1.54) is 6.20 Å². The number of sulfone groups is 1. The van der Waals surface area contributed by atoms with Crippen molar-refractivity contribution in [2.45, 2.75) is 12.5 Å². The molecule has 0 bridgehead atoms. The maximum atomic E-state index is 12.0. The highest BCUT2D eigenvalue weighted by molar-refractivity contribution is 7.91. The van der Waals surface area contributed by atoms with E-state index in [1.54, 1.807) is 35.0 Å². The number of carbonyl (C=O) groups is 1. The number of nitrogens with one attached hydrogen (secondary N) is 1. The zero-order valence-corrected chi connectivity index (χ0v) is 14.3. The number of benzene rings is 1. The Kier molecular flexibility index (Phi) is 4.77. The molecule has 3 rings (SSSR count). The number of hydrogen-bond acceptors (Lipinski definition) is 5. The van der Waals surface area contributed by atoms with Gasteiger partial charge in [-0.2, -0.15) is 5.10 Å². The average molecular weight is 370 g/mol. The first-order valence-corrected chi connectivity index (χ1v) is 9.55. The molecule has 1 unspecified atom stereocenters. The van der Waals surface area contributed by atoms with Gasteiger partial charge in [0, 0.05) is 11.1 Å². The summed E-state index contributed by atoms with van der Waals surface area (Å²) in [5.74, 6) is 0.822. The minimum atomic E-state index is -3.03. The van der Waals surface area contributed by atoms with Crippen LogP contribution in [0.2, 0.25) is 5.02 Å². The van der Waals surface area contributed by atoms with E-state index >= 15 is 0 Å². The lowest BCUT2D eigenvalue weighted by atomic mass is 10.3. The van der Waals surface area contributed by atoms with Crippen LogP contribution in [0.5, 0.6) is 5.75 Å². The van der Waals surface area contributed by atoms with Crippen LogP contribution < -0.4 is 10.1 Å². The summed E-state index contributed by atoms with van der Waals surface area (Å²) in [5, 5.41) is 7.40. The van der Waals surface area contributed by atoms with Crippen LogP contribution in [0.4, 0.5) is 5.82 Å². The third kappa shape index (κ3) is 4.07. The van der Waals surface area contributed by atoms with E-state index in [2.05, 4.69) is 10.4 Å². The summed E-state index contributed by atoms with van der Waals surface area (Å²) in [7, 11) is -3.03. The smallest absolute Gasteiger partial charge is 0.263 e. The van der Waals surface area contributed by atoms with Gasteiger partial charge in [-0.25, -0.2) is 13.1 Å². The molecule has 1 N–H and O–H groups in total. The number of amides is 1. The summed E-state index contributed by atoms with van der Waals surface area (Å²) in [6, 6.07) is 8.06. The molecule has 1 aliphatic heterocycles. The minimum absolute atomic E-state index is 0.0405. The summed E-state index contributed by atoms with van der Waals surface area (Å²) >= 11 is 5.78. The van der Waals surface area contributed by atoms with Gasteiger partial charge in [0.05, 0.1) is 23.7 Å². The lowest BCUT2D eigenvalue weighted by Gasteiger charge is -2.14. The fourth-order valence-corrected chi connectivity index (χ4v) is 4.35. The number of ether oxygens (including phenoxy) is 1. The van der Waals surface area contributed by atoms with Crippen LogP contribution in [-0.2, 0) is 14.6 Å². The van der Waals surface area contributed by atoms with Gasteiger partial charge in [0.25, 0.3) is 5.91 Å². The maximum Gasteiger partial charge on any atom is 0.263 e. The molecule has 1 aromatic heterocycles. The van der Waals surface area contributed by atoms with E-state index in [0.717, 1.165) is 0 Å². The molecule has 128 valence electrons. The summed E-state index contributed by atoms with van der Waals surface area (Å²) in [6.07, 6.45) is 2.02. The monoisotopic (exact) mass is 369 g/mol. The number of anilines is 1. The van der Waals surface area contributed by atoms with Crippen molar-refractivity contribution in [3.63, 3.8) is 0 Å². The van der Waals surface area contributed by atoms with Crippen molar-refractivity contribution in [3.8, 4) is 5.75 Å². The Bertz CT molecular complexity index is 833. The van der Waals surface area contributed by atoms with E-state index < -0.39 is 9.84 Å².